The van der Waals surface area contributed by atoms with E-state index in [-0.39, 0.29) is 5.91 Å². The fraction of sp³-hybridized carbons (Fsp3) is 0.588. The molecule has 0 atom stereocenters. The molecule has 1 aromatic rings. The Morgan fingerprint density at radius 1 is 1.30 bits per heavy atom. The summed E-state index contributed by atoms with van der Waals surface area (Å²) in [7, 11) is 1.63. The normalized spacial score (nSPS) is 16.8. The quantitative estimate of drug-likeness (QED) is 0.784. The fourth-order valence-corrected chi connectivity index (χ4v) is 3.10. The molecular formula is C17H25BrN2O3. The van der Waals surface area contributed by atoms with Gasteiger partial charge >= 0.3 is 0 Å². The van der Waals surface area contributed by atoms with Gasteiger partial charge in [-0.05, 0) is 57.1 Å². The Morgan fingerprint density at radius 2 is 1.96 bits per heavy atom. The summed E-state index contributed by atoms with van der Waals surface area (Å²) < 4.78 is 12.4. The van der Waals surface area contributed by atoms with Crippen molar-refractivity contribution >= 4 is 21.8 Å². The molecular weight excluding hydrogens is 360 g/mol. The standard InChI is InChI=1S/C17H25BrN2O3/c1-3-20(12-13-23-15-6-4-14(18)5-7-15)16(21)17(22-2)8-10-19-11-9-17/h4-7,19H,3,8-13H2,1-2H3. The minimum absolute atomic E-state index is 0.0726. The number of benzene rings is 1. The van der Waals surface area contributed by atoms with Gasteiger partial charge in [0, 0.05) is 18.1 Å². The van der Waals surface area contributed by atoms with Gasteiger partial charge in [-0.15, -0.1) is 0 Å². The van der Waals surface area contributed by atoms with Crippen LogP contribution in [-0.4, -0.2) is 56.3 Å². The SMILES string of the molecule is CCN(CCOc1ccc(Br)cc1)C(=O)C1(OC)CCNCC1. The van der Waals surface area contributed by atoms with Gasteiger partial charge in [0.2, 0.25) is 0 Å². The van der Waals surface area contributed by atoms with Crippen LogP contribution in [0.25, 0.3) is 0 Å². The Bertz CT molecular complexity index is 501. The minimum atomic E-state index is -0.682. The van der Waals surface area contributed by atoms with E-state index in [2.05, 4.69) is 21.2 Å². The summed E-state index contributed by atoms with van der Waals surface area (Å²) in [5.41, 5.74) is -0.682. The van der Waals surface area contributed by atoms with Gasteiger partial charge in [0.15, 0.2) is 0 Å². The molecule has 1 aliphatic rings. The average Bonchev–Trinajstić information content (AvgIpc) is 2.60. The van der Waals surface area contributed by atoms with Crippen molar-refractivity contribution in [3.63, 3.8) is 0 Å². The summed E-state index contributed by atoms with van der Waals surface area (Å²) in [6.07, 6.45) is 1.43. The lowest BCUT2D eigenvalue weighted by atomic mass is 9.90. The van der Waals surface area contributed by atoms with E-state index in [0.717, 1.165) is 23.3 Å². The highest BCUT2D eigenvalue weighted by atomic mass is 79.9. The maximum Gasteiger partial charge on any atom is 0.255 e. The number of ether oxygens (including phenoxy) is 2. The number of carbonyl (C=O) groups is 1. The molecule has 0 radical (unpaired) electrons. The van der Waals surface area contributed by atoms with Crippen molar-refractivity contribution in [3.05, 3.63) is 28.7 Å². The molecule has 1 amide bonds. The third-order valence-corrected chi connectivity index (χ3v) is 4.83. The molecule has 0 aliphatic carbocycles. The summed E-state index contributed by atoms with van der Waals surface area (Å²) in [5, 5.41) is 3.28. The summed E-state index contributed by atoms with van der Waals surface area (Å²) in [5.74, 6) is 0.878. The second-order valence-electron chi connectivity index (χ2n) is 5.64. The van der Waals surface area contributed by atoms with E-state index in [1.54, 1.807) is 7.11 Å². The molecule has 1 aromatic carbocycles. The van der Waals surface area contributed by atoms with E-state index in [1.807, 2.05) is 36.1 Å². The first-order valence-corrected chi connectivity index (χ1v) is 8.84. The van der Waals surface area contributed by atoms with Crippen molar-refractivity contribution in [2.45, 2.75) is 25.4 Å². The molecule has 5 nitrogen and oxygen atoms in total. The van der Waals surface area contributed by atoms with Crippen molar-refractivity contribution in [2.75, 3.05) is 39.9 Å². The van der Waals surface area contributed by atoms with Gasteiger partial charge in [-0.25, -0.2) is 0 Å². The predicted octanol–water partition coefficient (Wildman–Crippen LogP) is 2.45. The van der Waals surface area contributed by atoms with Crippen LogP contribution in [0.5, 0.6) is 5.75 Å². The minimum Gasteiger partial charge on any atom is -0.492 e. The van der Waals surface area contributed by atoms with Crippen molar-refractivity contribution in [2.24, 2.45) is 0 Å². The van der Waals surface area contributed by atoms with Crippen molar-refractivity contribution < 1.29 is 14.3 Å². The van der Waals surface area contributed by atoms with Gasteiger partial charge in [-0.3, -0.25) is 4.79 Å². The van der Waals surface area contributed by atoms with Gasteiger partial charge in [-0.1, -0.05) is 15.9 Å². The summed E-state index contributed by atoms with van der Waals surface area (Å²) >= 11 is 3.40. The number of hydrogen-bond acceptors (Lipinski definition) is 4. The molecule has 0 aromatic heterocycles. The number of nitrogens with one attached hydrogen (secondary N) is 1. The molecule has 0 spiro atoms. The smallest absolute Gasteiger partial charge is 0.255 e. The first kappa shape index (κ1) is 18.2. The van der Waals surface area contributed by atoms with E-state index in [4.69, 9.17) is 9.47 Å². The van der Waals surface area contributed by atoms with Crippen LogP contribution >= 0.6 is 15.9 Å². The largest absolute Gasteiger partial charge is 0.492 e. The lowest BCUT2D eigenvalue weighted by molar-refractivity contribution is -0.158. The van der Waals surface area contributed by atoms with E-state index in [0.29, 0.717) is 32.5 Å². The fourth-order valence-electron chi connectivity index (χ4n) is 2.83. The number of rotatable bonds is 7. The zero-order valence-corrected chi connectivity index (χ0v) is 15.4. The van der Waals surface area contributed by atoms with Crippen molar-refractivity contribution in [1.82, 2.24) is 10.2 Å². The first-order valence-electron chi connectivity index (χ1n) is 8.05. The third kappa shape index (κ3) is 4.68. The molecule has 6 heteroatoms. The molecule has 2 rings (SSSR count). The zero-order valence-electron chi connectivity index (χ0n) is 13.8. The van der Waals surface area contributed by atoms with Gasteiger partial charge in [-0.2, -0.15) is 0 Å². The second-order valence-corrected chi connectivity index (χ2v) is 6.55. The maximum absolute atomic E-state index is 12.9. The lowest BCUT2D eigenvalue weighted by Gasteiger charge is -2.38. The molecule has 1 fully saturated rings. The van der Waals surface area contributed by atoms with Crippen LogP contribution in [0.3, 0.4) is 0 Å². The van der Waals surface area contributed by atoms with E-state index >= 15 is 0 Å². The van der Waals surface area contributed by atoms with E-state index < -0.39 is 5.60 Å². The van der Waals surface area contributed by atoms with Gasteiger partial charge < -0.3 is 19.7 Å². The number of halogens is 1. The second kappa shape index (κ2) is 8.66. The van der Waals surface area contributed by atoms with Crippen LogP contribution in [0.15, 0.2) is 28.7 Å². The predicted molar refractivity (Wildman–Crippen MR) is 93.7 cm³/mol. The van der Waals surface area contributed by atoms with Crippen LogP contribution < -0.4 is 10.1 Å². The van der Waals surface area contributed by atoms with Crippen LogP contribution in [0.2, 0.25) is 0 Å². The number of piperidine rings is 1. The van der Waals surface area contributed by atoms with Gasteiger partial charge in [0.05, 0.1) is 6.54 Å². The number of nitrogens with zero attached hydrogens (tertiary/aromatic N) is 1. The maximum atomic E-state index is 12.9. The van der Waals surface area contributed by atoms with E-state index in [9.17, 15) is 4.79 Å². The Hall–Kier alpha value is -1.11. The molecule has 0 saturated carbocycles. The molecule has 1 saturated heterocycles. The molecule has 1 heterocycles. The highest BCUT2D eigenvalue weighted by Gasteiger charge is 2.41. The van der Waals surface area contributed by atoms with E-state index in [1.165, 1.54) is 0 Å². The summed E-state index contributed by atoms with van der Waals surface area (Å²) in [6.45, 7) is 5.30. The van der Waals surface area contributed by atoms with Crippen LogP contribution in [0.1, 0.15) is 19.8 Å². The summed E-state index contributed by atoms with van der Waals surface area (Å²) in [6, 6.07) is 7.69. The first-order chi connectivity index (χ1) is 11.1. The van der Waals surface area contributed by atoms with Crippen LogP contribution in [0, 0.1) is 0 Å². The number of hydrogen-bond donors (Lipinski definition) is 1. The molecule has 1 N–H and O–H groups in total. The topological polar surface area (TPSA) is 50.8 Å². The average molecular weight is 385 g/mol. The molecule has 128 valence electrons. The highest BCUT2D eigenvalue weighted by molar-refractivity contribution is 9.10. The van der Waals surface area contributed by atoms with Crippen molar-refractivity contribution in [1.29, 1.82) is 0 Å². The monoisotopic (exact) mass is 384 g/mol. The molecule has 0 unspecified atom stereocenters. The number of methoxy groups -OCH3 is 1. The number of likely N-dealkylation sites (N-methyl/N-ethyl adjacent to an activating group) is 1. The Labute approximate surface area is 146 Å². The zero-order chi connectivity index (χ0) is 16.7. The number of amides is 1. The van der Waals surface area contributed by atoms with Crippen molar-refractivity contribution in [3.8, 4) is 5.75 Å². The molecule has 1 aliphatic heterocycles. The molecule has 0 bridgehead atoms. The third-order valence-electron chi connectivity index (χ3n) is 4.30. The Kier molecular flexibility index (Phi) is 6.87. The van der Waals surface area contributed by atoms with Gasteiger partial charge in [0.1, 0.15) is 18.0 Å². The lowest BCUT2D eigenvalue weighted by Crippen LogP contribution is -2.55. The Morgan fingerprint density at radius 3 is 2.52 bits per heavy atom. The highest BCUT2D eigenvalue weighted by Crippen LogP contribution is 2.25. The Balaban J connectivity index is 1.90. The summed E-state index contributed by atoms with van der Waals surface area (Å²) in [4.78, 5) is 14.7. The van der Waals surface area contributed by atoms with Crippen LogP contribution in [0.4, 0.5) is 0 Å². The van der Waals surface area contributed by atoms with Gasteiger partial charge in [0.25, 0.3) is 5.91 Å². The van der Waals surface area contributed by atoms with Crippen LogP contribution in [-0.2, 0) is 9.53 Å². The number of carbonyl (C=O) groups excluding carboxylic acids is 1. The molecule has 23 heavy (non-hydrogen) atoms.